The minimum Gasteiger partial charge on any atom is -0.254 e. The number of benzene rings is 1. The predicted molar refractivity (Wildman–Crippen MR) is 52.5 cm³/mol. The zero-order chi connectivity index (χ0) is 10.4. The maximum Gasteiger partial charge on any atom is 0.124 e. The lowest BCUT2D eigenvalue weighted by atomic mass is 10.3. The number of hydrogen-bond acceptors (Lipinski definition) is 2. The molecule has 0 N–H and O–H groups in total. The Balaban J connectivity index is 2.57. The lowest BCUT2D eigenvalue weighted by Crippen LogP contribution is -1.98. The molecule has 1 unspecified atom stereocenters. The van der Waals surface area contributed by atoms with Crippen LogP contribution in [-0.4, -0.2) is 9.96 Å². The molecule has 74 valence electrons. The summed E-state index contributed by atoms with van der Waals surface area (Å²) in [7, 11) is -1.19. The highest BCUT2D eigenvalue weighted by Crippen LogP contribution is 2.09. The fourth-order valence-corrected chi connectivity index (χ4v) is 2.13. The van der Waals surface area contributed by atoms with E-state index in [2.05, 4.69) is 0 Å². The first-order valence-electron chi connectivity index (χ1n) is 4.25. The van der Waals surface area contributed by atoms with E-state index in [-0.39, 0.29) is 5.82 Å². The summed E-state index contributed by atoms with van der Waals surface area (Å²) < 4.78 is 24.2. The normalized spacial score (nSPS) is 12.0. The molecule has 1 aromatic rings. The third kappa shape index (κ3) is 3.27. The molecule has 0 aromatic heterocycles. The molecule has 0 saturated heterocycles. The van der Waals surface area contributed by atoms with Crippen molar-refractivity contribution in [2.75, 3.05) is 5.75 Å². The maximum atomic E-state index is 12.7. The Labute approximate surface area is 84.8 Å². The highest BCUT2D eigenvalue weighted by atomic mass is 32.2. The molecule has 4 heteroatoms. The molecule has 14 heavy (non-hydrogen) atoms. The average molecular weight is 211 g/mol. The smallest absolute Gasteiger partial charge is 0.124 e. The van der Waals surface area contributed by atoms with Gasteiger partial charge in [0, 0.05) is 17.1 Å². The average Bonchev–Trinajstić information content (AvgIpc) is 2.18. The summed E-state index contributed by atoms with van der Waals surface area (Å²) in [6.07, 6.45) is 0.973. The van der Waals surface area contributed by atoms with Gasteiger partial charge in [-0.2, -0.15) is 5.26 Å². The fraction of sp³-hybridized carbons (Fsp3) is 0.300. The summed E-state index contributed by atoms with van der Waals surface area (Å²) in [6, 6.07) is 7.72. The van der Waals surface area contributed by atoms with Crippen molar-refractivity contribution < 1.29 is 8.60 Å². The molecule has 1 rings (SSSR count). The van der Waals surface area contributed by atoms with Crippen LogP contribution in [0.3, 0.4) is 0 Å². The van der Waals surface area contributed by atoms with E-state index in [0.29, 0.717) is 23.5 Å². The highest BCUT2D eigenvalue weighted by molar-refractivity contribution is 7.85. The zero-order valence-corrected chi connectivity index (χ0v) is 8.39. The zero-order valence-electron chi connectivity index (χ0n) is 7.57. The second-order valence-electron chi connectivity index (χ2n) is 2.77. The van der Waals surface area contributed by atoms with Crippen LogP contribution in [0.5, 0.6) is 0 Å². The van der Waals surface area contributed by atoms with Gasteiger partial charge in [-0.25, -0.2) is 4.39 Å². The van der Waals surface area contributed by atoms with Crippen LogP contribution in [-0.2, 0) is 10.8 Å². The first-order valence-corrected chi connectivity index (χ1v) is 5.57. The van der Waals surface area contributed by atoms with Crippen molar-refractivity contribution in [3.63, 3.8) is 0 Å². The first-order chi connectivity index (χ1) is 6.74. The van der Waals surface area contributed by atoms with Crippen molar-refractivity contribution in [1.29, 1.82) is 5.26 Å². The van der Waals surface area contributed by atoms with Gasteiger partial charge in [-0.3, -0.25) is 4.21 Å². The van der Waals surface area contributed by atoms with Crippen LogP contribution in [0.4, 0.5) is 4.39 Å². The van der Waals surface area contributed by atoms with Crippen LogP contribution >= 0.6 is 0 Å². The number of rotatable bonds is 4. The summed E-state index contributed by atoms with van der Waals surface area (Å²) in [4.78, 5) is 0.489. The molecule has 0 amide bonds. The van der Waals surface area contributed by atoms with Crippen LogP contribution in [0.2, 0.25) is 0 Å². The molecule has 0 saturated carbocycles. The summed E-state index contributed by atoms with van der Waals surface area (Å²) in [5.74, 6) is 0.0351. The maximum absolute atomic E-state index is 12.7. The number of unbranched alkanes of at least 4 members (excludes halogenated alkanes) is 1. The molecule has 0 aliphatic heterocycles. The Bertz CT molecular complexity index is 373. The molecule has 0 heterocycles. The third-order valence-corrected chi connectivity index (χ3v) is 3.12. The summed E-state index contributed by atoms with van der Waals surface area (Å²) in [5.41, 5.74) is 0. The monoisotopic (exact) mass is 211 g/mol. The molecule has 0 radical (unpaired) electrons. The topological polar surface area (TPSA) is 40.9 Å². The van der Waals surface area contributed by atoms with Crippen molar-refractivity contribution in [2.45, 2.75) is 17.7 Å². The largest absolute Gasteiger partial charge is 0.254 e. The number of hydrogen-bond donors (Lipinski definition) is 0. The van der Waals surface area contributed by atoms with E-state index >= 15 is 0 Å². The molecular formula is C10H10FNOS. The molecule has 0 aliphatic rings. The Morgan fingerprint density at radius 1 is 1.50 bits per heavy atom. The summed E-state index contributed by atoms with van der Waals surface area (Å²) in [6.45, 7) is 0. The van der Waals surface area contributed by atoms with Crippen molar-refractivity contribution in [3.05, 3.63) is 30.1 Å². The van der Waals surface area contributed by atoms with Crippen LogP contribution in [0, 0.1) is 17.1 Å². The Morgan fingerprint density at radius 3 is 2.93 bits per heavy atom. The van der Waals surface area contributed by atoms with Gasteiger partial charge in [-0.05, 0) is 24.6 Å². The van der Waals surface area contributed by atoms with Crippen molar-refractivity contribution in [2.24, 2.45) is 0 Å². The second kappa shape index (κ2) is 5.51. The van der Waals surface area contributed by atoms with Crippen molar-refractivity contribution in [1.82, 2.24) is 0 Å². The van der Waals surface area contributed by atoms with E-state index < -0.39 is 10.8 Å². The third-order valence-electron chi connectivity index (χ3n) is 1.68. The molecule has 0 spiro atoms. The van der Waals surface area contributed by atoms with E-state index in [1.54, 1.807) is 6.07 Å². The van der Waals surface area contributed by atoms with E-state index in [1.807, 2.05) is 6.07 Å². The quantitative estimate of drug-likeness (QED) is 0.716. The predicted octanol–water partition coefficient (Wildman–Crippen LogP) is 2.24. The number of halogens is 1. The van der Waals surface area contributed by atoms with Crippen LogP contribution in [0.25, 0.3) is 0 Å². The lowest BCUT2D eigenvalue weighted by Gasteiger charge is -1.99. The summed E-state index contributed by atoms with van der Waals surface area (Å²) >= 11 is 0. The second-order valence-corrected chi connectivity index (χ2v) is 4.34. The van der Waals surface area contributed by atoms with Gasteiger partial charge in [-0.1, -0.05) is 6.07 Å². The van der Waals surface area contributed by atoms with Gasteiger partial charge < -0.3 is 0 Å². The van der Waals surface area contributed by atoms with Gasteiger partial charge in [0.1, 0.15) is 5.82 Å². The number of nitrogens with zero attached hydrogens (tertiary/aromatic N) is 1. The molecule has 0 bridgehead atoms. The SMILES string of the molecule is N#CCCCS(=O)c1cccc(F)c1. The van der Waals surface area contributed by atoms with Crippen LogP contribution in [0.15, 0.2) is 29.2 Å². The van der Waals surface area contributed by atoms with Gasteiger partial charge in [0.25, 0.3) is 0 Å². The van der Waals surface area contributed by atoms with E-state index in [4.69, 9.17) is 5.26 Å². The first kappa shape index (κ1) is 10.9. The van der Waals surface area contributed by atoms with Crippen LogP contribution in [0.1, 0.15) is 12.8 Å². The molecule has 0 fully saturated rings. The Hall–Kier alpha value is -1.21. The van der Waals surface area contributed by atoms with Gasteiger partial charge in [0.15, 0.2) is 0 Å². The summed E-state index contributed by atoms with van der Waals surface area (Å²) in [5, 5.41) is 8.28. The van der Waals surface area contributed by atoms with E-state index in [0.717, 1.165) is 0 Å². The minimum atomic E-state index is -1.19. The van der Waals surface area contributed by atoms with E-state index in [1.165, 1.54) is 18.2 Å². The van der Waals surface area contributed by atoms with Gasteiger partial charge in [0.05, 0.1) is 16.9 Å². The Morgan fingerprint density at radius 2 is 2.29 bits per heavy atom. The molecule has 1 atom stereocenters. The van der Waals surface area contributed by atoms with Crippen molar-refractivity contribution in [3.8, 4) is 6.07 Å². The van der Waals surface area contributed by atoms with Crippen molar-refractivity contribution >= 4 is 10.8 Å². The lowest BCUT2D eigenvalue weighted by molar-refractivity contribution is 0.622. The molecule has 2 nitrogen and oxygen atoms in total. The fourth-order valence-electron chi connectivity index (χ4n) is 1.01. The standard InChI is InChI=1S/C10H10FNOS/c11-9-4-3-5-10(8-9)14(13)7-2-1-6-12/h3-5,8H,1-2,7H2. The van der Waals surface area contributed by atoms with Gasteiger partial charge >= 0.3 is 0 Å². The van der Waals surface area contributed by atoms with Crippen LogP contribution < -0.4 is 0 Å². The van der Waals surface area contributed by atoms with Gasteiger partial charge in [-0.15, -0.1) is 0 Å². The molecule has 1 aromatic carbocycles. The minimum absolute atomic E-state index is 0.379. The Kier molecular flexibility index (Phi) is 4.27. The highest BCUT2D eigenvalue weighted by Gasteiger charge is 2.03. The van der Waals surface area contributed by atoms with Gasteiger partial charge in [0.2, 0.25) is 0 Å². The molecule has 0 aliphatic carbocycles. The molecular weight excluding hydrogens is 201 g/mol. The van der Waals surface area contributed by atoms with E-state index in [9.17, 15) is 8.60 Å². The number of nitriles is 1.